The molecular weight excluding hydrogens is 248 g/mol. The first-order valence-corrected chi connectivity index (χ1v) is 5.80. The molecule has 0 unspecified atom stereocenters. The summed E-state index contributed by atoms with van der Waals surface area (Å²) in [5.74, 6) is 1.47. The molecule has 1 aromatic rings. The second kappa shape index (κ2) is 6.84. The van der Waals surface area contributed by atoms with Gasteiger partial charge in [0.05, 0.1) is 33.6 Å². The molecule has 1 rings (SSSR count). The number of likely N-dealkylation sites (N-methyl/N-ethyl adjacent to an activating group) is 2. The minimum atomic E-state index is -0.0585. The molecule has 0 saturated carbocycles. The quantitative estimate of drug-likeness (QED) is 0.830. The number of carbonyl (C=O) groups is 1. The van der Waals surface area contributed by atoms with Crippen LogP contribution in [0.2, 0.25) is 0 Å². The van der Waals surface area contributed by atoms with Crippen LogP contribution in [-0.2, 0) is 4.79 Å². The Hall–Kier alpha value is -1.95. The normalized spacial score (nSPS) is 9.95. The molecule has 1 N–H and O–H groups in total. The van der Waals surface area contributed by atoms with E-state index in [-0.39, 0.29) is 12.5 Å². The highest BCUT2D eigenvalue weighted by Gasteiger charge is 2.17. The van der Waals surface area contributed by atoms with E-state index in [4.69, 9.17) is 14.2 Å². The highest BCUT2D eigenvalue weighted by atomic mass is 16.5. The molecule has 0 aliphatic carbocycles. The Balaban J connectivity index is 3.18. The summed E-state index contributed by atoms with van der Waals surface area (Å²) in [6.07, 6.45) is 0. The molecule has 0 heterocycles. The van der Waals surface area contributed by atoms with E-state index in [9.17, 15) is 4.79 Å². The topological polar surface area (TPSA) is 60.0 Å². The summed E-state index contributed by atoms with van der Waals surface area (Å²) in [7, 11) is 8.03. The summed E-state index contributed by atoms with van der Waals surface area (Å²) in [5.41, 5.74) is 0.676. The summed E-state index contributed by atoms with van der Waals surface area (Å²) >= 11 is 0. The highest BCUT2D eigenvalue weighted by Crippen LogP contribution is 2.40. The maximum absolute atomic E-state index is 11.8. The SMILES string of the molecule is CNCC(=O)N(C)c1cc(OC)c(OC)c(OC)c1. The van der Waals surface area contributed by atoms with Crippen LogP contribution >= 0.6 is 0 Å². The van der Waals surface area contributed by atoms with Gasteiger partial charge in [-0.05, 0) is 7.05 Å². The van der Waals surface area contributed by atoms with Crippen LogP contribution in [0.25, 0.3) is 0 Å². The standard InChI is InChI=1S/C13H20N2O4/c1-14-8-12(16)15(2)9-6-10(17-3)13(19-5)11(7-9)18-4/h6-7,14H,8H2,1-5H3. The van der Waals surface area contributed by atoms with Crippen molar-refractivity contribution in [1.82, 2.24) is 5.32 Å². The lowest BCUT2D eigenvalue weighted by Gasteiger charge is -2.20. The fraction of sp³-hybridized carbons (Fsp3) is 0.462. The van der Waals surface area contributed by atoms with Gasteiger partial charge >= 0.3 is 0 Å². The zero-order valence-corrected chi connectivity index (χ0v) is 11.9. The summed E-state index contributed by atoms with van der Waals surface area (Å²) in [4.78, 5) is 13.4. The first kappa shape index (κ1) is 15.1. The van der Waals surface area contributed by atoms with Crippen molar-refractivity contribution in [3.05, 3.63) is 12.1 Å². The van der Waals surface area contributed by atoms with Gasteiger partial charge in [-0.15, -0.1) is 0 Å². The zero-order chi connectivity index (χ0) is 14.4. The van der Waals surface area contributed by atoms with Gasteiger partial charge in [-0.25, -0.2) is 0 Å². The van der Waals surface area contributed by atoms with Crippen molar-refractivity contribution in [2.24, 2.45) is 0 Å². The van der Waals surface area contributed by atoms with E-state index in [0.717, 1.165) is 0 Å². The van der Waals surface area contributed by atoms with E-state index < -0.39 is 0 Å². The minimum absolute atomic E-state index is 0.0585. The first-order valence-electron chi connectivity index (χ1n) is 5.80. The number of hydrogen-bond donors (Lipinski definition) is 1. The third-order valence-corrected chi connectivity index (χ3v) is 2.74. The predicted molar refractivity (Wildman–Crippen MR) is 73.4 cm³/mol. The van der Waals surface area contributed by atoms with E-state index >= 15 is 0 Å². The number of benzene rings is 1. The number of hydrogen-bond acceptors (Lipinski definition) is 5. The van der Waals surface area contributed by atoms with E-state index in [0.29, 0.717) is 22.9 Å². The molecule has 19 heavy (non-hydrogen) atoms. The van der Waals surface area contributed by atoms with Crippen molar-refractivity contribution in [2.45, 2.75) is 0 Å². The van der Waals surface area contributed by atoms with Crippen LogP contribution < -0.4 is 24.4 Å². The number of nitrogens with zero attached hydrogens (tertiary/aromatic N) is 1. The molecule has 0 spiro atoms. The van der Waals surface area contributed by atoms with Crippen molar-refractivity contribution in [3.63, 3.8) is 0 Å². The average molecular weight is 268 g/mol. The number of carbonyl (C=O) groups excluding carboxylic acids is 1. The maximum Gasteiger partial charge on any atom is 0.240 e. The molecule has 6 heteroatoms. The first-order chi connectivity index (χ1) is 9.08. The van der Waals surface area contributed by atoms with Gasteiger partial charge in [-0.2, -0.15) is 0 Å². The Kier molecular flexibility index (Phi) is 5.44. The fourth-order valence-electron chi connectivity index (χ4n) is 1.67. The van der Waals surface area contributed by atoms with E-state index in [1.54, 1.807) is 26.2 Å². The second-order valence-electron chi connectivity index (χ2n) is 3.87. The molecule has 0 aliphatic heterocycles. The Morgan fingerprint density at radius 3 is 2.05 bits per heavy atom. The Morgan fingerprint density at radius 2 is 1.68 bits per heavy atom. The predicted octanol–water partition coefficient (Wildman–Crippen LogP) is 0.895. The minimum Gasteiger partial charge on any atom is -0.493 e. The van der Waals surface area contributed by atoms with Crippen molar-refractivity contribution < 1.29 is 19.0 Å². The number of nitrogens with one attached hydrogen (secondary N) is 1. The smallest absolute Gasteiger partial charge is 0.240 e. The molecular formula is C13H20N2O4. The van der Waals surface area contributed by atoms with Gasteiger partial charge in [0, 0.05) is 19.2 Å². The van der Waals surface area contributed by atoms with E-state index in [1.807, 2.05) is 0 Å². The molecule has 0 fully saturated rings. The third kappa shape index (κ3) is 3.29. The van der Waals surface area contributed by atoms with Crippen LogP contribution in [0.1, 0.15) is 0 Å². The molecule has 106 valence electrons. The van der Waals surface area contributed by atoms with Crippen molar-refractivity contribution in [3.8, 4) is 17.2 Å². The molecule has 1 aromatic carbocycles. The van der Waals surface area contributed by atoms with Crippen LogP contribution in [0.3, 0.4) is 0 Å². The summed E-state index contributed by atoms with van der Waals surface area (Å²) in [5, 5.41) is 2.82. The third-order valence-electron chi connectivity index (χ3n) is 2.74. The van der Waals surface area contributed by atoms with Crippen LogP contribution in [-0.4, -0.2) is 47.9 Å². The van der Waals surface area contributed by atoms with Gasteiger partial charge < -0.3 is 24.4 Å². The van der Waals surface area contributed by atoms with Crippen LogP contribution in [0, 0.1) is 0 Å². The zero-order valence-electron chi connectivity index (χ0n) is 11.9. The Labute approximate surface area is 113 Å². The van der Waals surface area contributed by atoms with E-state index in [2.05, 4.69) is 5.32 Å². The molecule has 1 amide bonds. The van der Waals surface area contributed by atoms with Gasteiger partial charge in [0.2, 0.25) is 11.7 Å². The lowest BCUT2D eigenvalue weighted by atomic mass is 10.2. The molecule has 6 nitrogen and oxygen atoms in total. The summed E-state index contributed by atoms with van der Waals surface area (Å²) in [6.45, 7) is 0.257. The Morgan fingerprint density at radius 1 is 1.16 bits per heavy atom. The van der Waals surface area contributed by atoms with Gasteiger partial charge in [-0.3, -0.25) is 4.79 Å². The van der Waals surface area contributed by atoms with Crippen molar-refractivity contribution in [1.29, 1.82) is 0 Å². The monoisotopic (exact) mass is 268 g/mol. The average Bonchev–Trinajstić information content (AvgIpc) is 2.44. The largest absolute Gasteiger partial charge is 0.493 e. The highest BCUT2D eigenvalue weighted by molar-refractivity contribution is 5.95. The summed E-state index contributed by atoms with van der Waals surface area (Å²) in [6, 6.07) is 3.46. The number of anilines is 1. The molecule has 0 radical (unpaired) electrons. The Bertz CT molecular complexity index is 423. The molecule has 0 saturated heterocycles. The summed E-state index contributed by atoms with van der Waals surface area (Å²) < 4.78 is 15.7. The van der Waals surface area contributed by atoms with Crippen molar-refractivity contribution >= 4 is 11.6 Å². The fourth-order valence-corrected chi connectivity index (χ4v) is 1.67. The lowest BCUT2D eigenvalue weighted by Crippen LogP contribution is -2.34. The number of methoxy groups -OCH3 is 3. The molecule has 0 aromatic heterocycles. The van der Waals surface area contributed by atoms with Gasteiger partial charge in [-0.1, -0.05) is 0 Å². The molecule has 0 bridgehead atoms. The molecule has 0 aliphatic rings. The van der Waals surface area contributed by atoms with Gasteiger partial charge in [0.1, 0.15) is 0 Å². The number of ether oxygens (including phenoxy) is 3. The van der Waals surface area contributed by atoms with Crippen molar-refractivity contribution in [2.75, 3.05) is 46.9 Å². The number of rotatable bonds is 6. The lowest BCUT2D eigenvalue weighted by molar-refractivity contribution is -0.117. The second-order valence-corrected chi connectivity index (χ2v) is 3.87. The van der Waals surface area contributed by atoms with Gasteiger partial charge in [0.25, 0.3) is 0 Å². The van der Waals surface area contributed by atoms with E-state index in [1.165, 1.54) is 26.2 Å². The van der Waals surface area contributed by atoms with Crippen LogP contribution in [0.15, 0.2) is 12.1 Å². The van der Waals surface area contributed by atoms with Gasteiger partial charge in [0.15, 0.2) is 11.5 Å². The van der Waals surface area contributed by atoms with Crippen LogP contribution in [0.5, 0.6) is 17.2 Å². The maximum atomic E-state index is 11.8. The molecule has 0 atom stereocenters. The van der Waals surface area contributed by atoms with Crippen LogP contribution in [0.4, 0.5) is 5.69 Å². The number of amides is 1.